The Morgan fingerprint density at radius 1 is 1.00 bits per heavy atom. The summed E-state index contributed by atoms with van der Waals surface area (Å²) in [4.78, 5) is 16.9. The Bertz CT molecular complexity index is 1330. The highest BCUT2D eigenvalue weighted by Crippen LogP contribution is 2.31. The number of rotatable bonds is 7. The summed E-state index contributed by atoms with van der Waals surface area (Å²) in [7, 11) is 0. The van der Waals surface area contributed by atoms with E-state index in [4.69, 9.17) is 16.3 Å². The van der Waals surface area contributed by atoms with E-state index in [-0.39, 0.29) is 17.8 Å². The van der Waals surface area contributed by atoms with Crippen molar-refractivity contribution < 1.29 is 22.7 Å². The molecule has 1 aromatic heterocycles. The number of alkyl halides is 3. The number of halogens is 4. The predicted molar refractivity (Wildman–Crippen MR) is 132 cm³/mol. The fourth-order valence-electron chi connectivity index (χ4n) is 3.26. The van der Waals surface area contributed by atoms with Gasteiger partial charge in [-0.1, -0.05) is 37.6 Å². The molecule has 0 saturated heterocycles. The van der Waals surface area contributed by atoms with Gasteiger partial charge in [-0.2, -0.15) is 18.2 Å². The molecule has 0 spiro atoms. The molecule has 1 heterocycles. The van der Waals surface area contributed by atoms with Gasteiger partial charge in [-0.05, 0) is 66.6 Å². The predicted octanol–water partition coefficient (Wildman–Crippen LogP) is 6.89. The van der Waals surface area contributed by atoms with Crippen molar-refractivity contribution in [1.29, 1.82) is 0 Å². The molecule has 3 aromatic carbocycles. The van der Waals surface area contributed by atoms with Crippen LogP contribution in [0.25, 0.3) is 17.1 Å². The molecule has 0 saturated carbocycles. The zero-order valence-electron chi connectivity index (χ0n) is 19.4. The number of carbonyl (C=O) groups is 1. The monoisotopic (exact) mass is 514 g/mol. The molecule has 0 aliphatic rings. The maximum Gasteiger partial charge on any atom is 0.416 e. The molecule has 6 nitrogen and oxygen atoms in total. The first-order chi connectivity index (χ1) is 17.1. The quantitative estimate of drug-likeness (QED) is 0.291. The Kier molecular flexibility index (Phi) is 7.30. The Labute approximate surface area is 210 Å². The Morgan fingerprint density at radius 3 is 2.22 bits per heavy atom. The number of aromatic nitrogens is 3. The van der Waals surface area contributed by atoms with Crippen LogP contribution < -0.4 is 10.1 Å². The molecule has 0 unspecified atom stereocenters. The van der Waals surface area contributed by atoms with Crippen LogP contribution in [-0.2, 0) is 6.18 Å². The van der Waals surface area contributed by atoms with Crippen LogP contribution in [0.4, 0.5) is 18.9 Å². The first-order valence-electron chi connectivity index (χ1n) is 11.0. The zero-order chi connectivity index (χ0) is 25.9. The summed E-state index contributed by atoms with van der Waals surface area (Å²) >= 11 is 5.87. The lowest BCUT2D eigenvalue weighted by Gasteiger charge is -2.10. The molecule has 4 aromatic rings. The molecule has 0 fully saturated rings. The first kappa shape index (κ1) is 25.2. The molecule has 0 aliphatic heterocycles. The Morgan fingerprint density at radius 2 is 1.64 bits per heavy atom. The van der Waals surface area contributed by atoms with E-state index in [0.29, 0.717) is 40.0 Å². The van der Waals surface area contributed by atoms with E-state index in [1.807, 2.05) is 13.8 Å². The molecule has 0 aliphatic carbocycles. The van der Waals surface area contributed by atoms with Gasteiger partial charge in [0, 0.05) is 21.8 Å². The number of benzene rings is 3. The van der Waals surface area contributed by atoms with Crippen LogP contribution in [0.1, 0.15) is 29.8 Å². The van der Waals surface area contributed by atoms with Crippen LogP contribution in [0, 0.1) is 5.92 Å². The molecule has 4 rings (SSSR count). The molecule has 0 bridgehead atoms. The molecule has 10 heteroatoms. The van der Waals surface area contributed by atoms with Gasteiger partial charge in [0.05, 0.1) is 17.9 Å². The van der Waals surface area contributed by atoms with Gasteiger partial charge in [-0.25, -0.2) is 4.68 Å². The van der Waals surface area contributed by atoms with E-state index >= 15 is 0 Å². The van der Waals surface area contributed by atoms with E-state index < -0.39 is 11.7 Å². The fraction of sp³-hybridized carbons (Fsp3) is 0.192. The molecular weight excluding hydrogens is 493 g/mol. The average Bonchev–Trinajstić information content (AvgIpc) is 3.27. The van der Waals surface area contributed by atoms with E-state index in [1.165, 1.54) is 16.8 Å². The van der Waals surface area contributed by atoms with Crippen LogP contribution in [-0.4, -0.2) is 27.3 Å². The highest BCUT2D eigenvalue weighted by Gasteiger charge is 2.30. The third-order valence-electron chi connectivity index (χ3n) is 5.08. The normalized spacial score (nSPS) is 11.5. The van der Waals surface area contributed by atoms with Crippen LogP contribution in [0.15, 0.2) is 72.8 Å². The minimum absolute atomic E-state index is 0.110. The fourth-order valence-corrected chi connectivity index (χ4v) is 3.39. The molecule has 1 N–H and O–H groups in total. The summed E-state index contributed by atoms with van der Waals surface area (Å²) in [6.45, 7) is 4.34. The smallest absolute Gasteiger partial charge is 0.416 e. The summed E-state index contributed by atoms with van der Waals surface area (Å²) in [5.41, 5.74) is 1.27. The summed E-state index contributed by atoms with van der Waals surface area (Å²) in [5.74, 6) is 0.255. The van der Waals surface area contributed by atoms with Crippen LogP contribution in [0.3, 0.4) is 0 Å². The van der Waals surface area contributed by atoms with Crippen molar-refractivity contribution in [2.24, 2.45) is 5.92 Å². The number of nitrogens with one attached hydrogen (secondary N) is 1. The number of hydrogen-bond donors (Lipinski definition) is 1. The van der Waals surface area contributed by atoms with Gasteiger partial charge in [0.1, 0.15) is 0 Å². The minimum Gasteiger partial charge on any atom is -0.462 e. The van der Waals surface area contributed by atoms with Crippen LogP contribution in [0.5, 0.6) is 6.01 Å². The van der Waals surface area contributed by atoms with Gasteiger partial charge in [-0.3, -0.25) is 4.79 Å². The summed E-state index contributed by atoms with van der Waals surface area (Å²) in [6, 6.07) is 18.1. The summed E-state index contributed by atoms with van der Waals surface area (Å²) in [6.07, 6.45) is -4.44. The molecule has 0 atom stereocenters. The van der Waals surface area contributed by atoms with Gasteiger partial charge in [0.25, 0.3) is 5.91 Å². The van der Waals surface area contributed by atoms with Gasteiger partial charge < -0.3 is 10.1 Å². The average molecular weight is 515 g/mol. The van der Waals surface area contributed by atoms with Gasteiger partial charge >= 0.3 is 12.2 Å². The van der Waals surface area contributed by atoms with E-state index in [2.05, 4.69) is 15.4 Å². The van der Waals surface area contributed by atoms with Gasteiger partial charge in [0.15, 0.2) is 5.82 Å². The van der Waals surface area contributed by atoms with Crippen molar-refractivity contribution in [3.63, 3.8) is 0 Å². The van der Waals surface area contributed by atoms with Crippen molar-refractivity contribution in [2.75, 3.05) is 11.9 Å². The molecule has 0 radical (unpaired) electrons. The van der Waals surface area contributed by atoms with Crippen molar-refractivity contribution in [2.45, 2.75) is 20.0 Å². The number of nitrogens with zero attached hydrogens (tertiary/aromatic N) is 3. The Hall–Kier alpha value is -3.85. The van der Waals surface area contributed by atoms with E-state index in [0.717, 1.165) is 12.1 Å². The van der Waals surface area contributed by atoms with Crippen molar-refractivity contribution in [3.8, 4) is 23.1 Å². The maximum atomic E-state index is 13.0. The first-order valence-corrected chi connectivity index (χ1v) is 11.4. The molecule has 186 valence electrons. The number of anilines is 1. The van der Waals surface area contributed by atoms with Gasteiger partial charge in [0.2, 0.25) is 0 Å². The van der Waals surface area contributed by atoms with E-state index in [1.54, 1.807) is 48.5 Å². The lowest BCUT2D eigenvalue weighted by molar-refractivity contribution is -0.137. The lowest BCUT2D eigenvalue weighted by Crippen LogP contribution is -2.11. The van der Waals surface area contributed by atoms with Crippen molar-refractivity contribution in [1.82, 2.24) is 14.8 Å². The maximum absolute atomic E-state index is 13.0. The number of hydrogen-bond acceptors (Lipinski definition) is 4. The highest BCUT2D eigenvalue weighted by molar-refractivity contribution is 6.30. The number of carbonyl (C=O) groups excluding carboxylic acids is 1. The van der Waals surface area contributed by atoms with Crippen LogP contribution in [0.2, 0.25) is 5.02 Å². The molecule has 1 amide bonds. The van der Waals surface area contributed by atoms with Crippen molar-refractivity contribution in [3.05, 3.63) is 88.9 Å². The van der Waals surface area contributed by atoms with Gasteiger partial charge in [-0.15, -0.1) is 5.10 Å². The third kappa shape index (κ3) is 6.04. The second kappa shape index (κ2) is 10.4. The second-order valence-corrected chi connectivity index (χ2v) is 8.85. The van der Waals surface area contributed by atoms with Crippen molar-refractivity contribution >= 4 is 23.2 Å². The molecular formula is C26H22ClF3N4O2. The van der Waals surface area contributed by atoms with E-state index in [9.17, 15) is 18.0 Å². The van der Waals surface area contributed by atoms with Crippen LogP contribution >= 0.6 is 11.6 Å². The number of ether oxygens (including phenoxy) is 1. The molecule has 36 heavy (non-hydrogen) atoms. The second-order valence-electron chi connectivity index (χ2n) is 8.42. The lowest BCUT2D eigenvalue weighted by atomic mass is 10.1. The summed E-state index contributed by atoms with van der Waals surface area (Å²) in [5, 5.41) is 7.74. The highest BCUT2D eigenvalue weighted by atomic mass is 35.5. The largest absolute Gasteiger partial charge is 0.462 e. The SMILES string of the molecule is CC(C)COc1nc(-c2ccc(C(F)(F)F)cc2)n(-c2ccc(NC(=O)c3ccc(Cl)cc3)cc2)n1. The Balaban J connectivity index is 1.61. The standard InChI is InChI=1S/C26H22ClF3N4O2/c1-16(2)15-36-25-32-23(17-3-7-19(8-4-17)26(28,29)30)34(33-25)22-13-11-21(12-14-22)31-24(35)18-5-9-20(27)10-6-18/h3-14,16H,15H2,1-2H3,(H,31,35). The summed E-state index contributed by atoms with van der Waals surface area (Å²) < 4.78 is 46.2. The zero-order valence-corrected chi connectivity index (χ0v) is 20.1. The minimum atomic E-state index is -4.44. The third-order valence-corrected chi connectivity index (χ3v) is 5.33. The topological polar surface area (TPSA) is 69.0 Å². The number of amides is 1.